The maximum Gasteiger partial charge on any atom is 0.184 e. The summed E-state index contributed by atoms with van der Waals surface area (Å²) in [4.78, 5) is 0. The molecular weight excluding hydrogens is 286 g/mol. The summed E-state index contributed by atoms with van der Waals surface area (Å²) in [6.07, 6.45) is 3.54. The molecule has 0 radical (unpaired) electrons. The van der Waals surface area contributed by atoms with E-state index in [2.05, 4.69) is 29.4 Å². The van der Waals surface area contributed by atoms with E-state index in [1.165, 1.54) is 12.8 Å². The van der Waals surface area contributed by atoms with Crippen LogP contribution in [-0.4, -0.2) is 20.2 Å². The van der Waals surface area contributed by atoms with Gasteiger partial charge in [0.1, 0.15) is 0 Å². The summed E-state index contributed by atoms with van der Waals surface area (Å²) in [5.41, 5.74) is 7.52. The van der Waals surface area contributed by atoms with Crippen molar-refractivity contribution >= 4 is 17.3 Å². The predicted molar refractivity (Wildman–Crippen MR) is 83.9 cm³/mol. The van der Waals surface area contributed by atoms with Gasteiger partial charge in [0.15, 0.2) is 5.82 Å². The lowest BCUT2D eigenvalue weighted by Gasteiger charge is -2.20. The predicted octanol–water partition coefficient (Wildman–Crippen LogP) is 3.57. The molecule has 21 heavy (non-hydrogen) atoms. The highest BCUT2D eigenvalue weighted by atomic mass is 35.5. The standard InChI is InChI=1S/C15H20ClN5/c1-3-10-4-7-14(9(10)2)21-15(18-19-20-21)12-8-11(16)5-6-13(12)17/h5-6,8-10,14H,3-4,7,17H2,1-2H3. The Morgan fingerprint density at radius 2 is 2.19 bits per heavy atom. The summed E-state index contributed by atoms with van der Waals surface area (Å²) < 4.78 is 1.93. The average Bonchev–Trinajstić information content (AvgIpc) is 3.07. The Kier molecular flexibility index (Phi) is 3.85. The summed E-state index contributed by atoms with van der Waals surface area (Å²) in [7, 11) is 0. The number of hydrogen-bond acceptors (Lipinski definition) is 4. The van der Waals surface area contributed by atoms with Gasteiger partial charge in [0, 0.05) is 16.3 Å². The molecule has 2 N–H and O–H groups in total. The fourth-order valence-corrected chi connectivity index (χ4v) is 3.63. The second-order valence-electron chi connectivity index (χ2n) is 5.85. The second kappa shape index (κ2) is 5.64. The van der Waals surface area contributed by atoms with Crippen molar-refractivity contribution in [3.63, 3.8) is 0 Å². The van der Waals surface area contributed by atoms with E-state index < -0.39 is 0 Å². The van der Waals surface area contributed by atoms with E-state index in [1.54, 1.807) is 12.1 Å². The van der Waals surface area contributed by atoms with E-state index in [0.717, 1.165) is 17.9 Å². The molecule has 3 rings (SSSR count). The number of halogens is 1. The van der Waals surface area contributed by atoms with Crippen LogP contribution >= 0.6 is 11.6 Å². The molecule has 0 amide bonds. The molecule has 1 aliphatic carbocycles. The van der Waals surface area contributed by atoms with Gasteiger partial charge in [0.2, 0.25) is 0 Å². The van der Waals surface area contributed by atoms with Crippen LogP contribution in [0.25, 0.3) is 11.4 Å². The van der Waals surface area contributed by atoms with Crippen LogP contribution in [0.2, 0.25) is 5.02 Å². The number of hydrogen-bond donors (Lipinski definition) is 1. The van der Waals surface area contributed by atoms with E-state index in [9.17, 15) is 0 Å². The molecule has 5 nitrogen and oxygen atoms in total. The molecule has 1 aromatic heterocycles. The molecule has 3 atom stereocenters. The molecule has 0 saturated heterocycles. The Balaban J connectivity index is 2.00. The Labute approximate surface area is 129 Å². The lowest BCUT2D eigenvalue weighted by Crippen LogP contribution is -2.18. The third-order valence-electron chi connectivity index (χ3n) is 4.77. The summed E-state index contributed by atoms with van der Waals surface area (Å²) in [5.74, 6) is 2.02. The zero-order valence-electron chi connectivity index (χ0n) is 12.3. The van der Waals surface area contributed by atoms with Gasteiger partial charge in [-0.15, -0.1) is 5.10 Å². The first kappa shape index (κ1) is 14.3. The number of tetrazole rings is 1. The van der Waals surface area contributed by atoms with Crippen LogP contribution in [0.5, 0.6) is 0 Å². The van der Waals surface area contributed by atoms with Crippen LogP contribution in [-0.2, 0) is 0 Å². The molecule has 0 aliphatic heterocycles. The zero-order chi connectivity index (χ0) is 15.0. The molecule has 3 unspecified atom stereocenters. The third-order valence-corrected chi connectivity index (χ3v) is 5.01. The molecule has 0 spiro atoms. The Hall–Kier alpha value is -1.62. The molecule has 1 aliphatic rings. The van der Waals surface area contributed by atoms with Crippen LogP contribution in [0.15, 0.2) is 18.2 Å². The monoisotopic (exact) mass is 305 g/mol. The van der Waals surface area contributed by atoms with Gasteiger partial charge in [-0.2, -0.15) is 0 Å². The Bertz CT molecular complexity index is 639. The highest BCUT2D eigenvalue weighted by Gasteiger charge is 2.35. The lowest BCUT2D eigenvalue weighted by atomic mass is 9.93. The average molecular weight is 306 g/mol. The minimum atomic E-state index is 0.332. The smallest absolute Gasteiger partial charge is 0.184 e. The van der Waals surface area contributed by atoms with E-state index in [-0.39, 0.29) is 0 Å². The van der Waals surface area contributed by atoms with Crippen molar-refractivity contribution in [3.8, 4) is 11.4 Å². The number of rotatable bonds is 3. The van der Waals surface area contributed by atoms with Crippen molar-refractivity contribution in [1.82, 2.24) is 20.2 Å². The molecule has 112 valence electrons. The molecule has 1 heterocycles. The fraction of sp³-hybridized carbons (Fsp3) is 0.533. The number of nitrogen functional groups attached to an aromatic ring is 1. The van der Waals surface area contributed by atoms with Gasteiger partial charge in [0.05, 0.1) is 6.04 Å². The summed E-state index contributed by atoms with van der Waals surface area (Å²) in [5, 5.41) is 12.9. The van der Waals surface area contributed by atoms with E-state index in [4.69, 9.17) is 17.3 Å². The SMILES string of the molecule is CCC1CCC(n2nnnc2-c2cc(Cl)ccc2N)C1C. The molecule has 1 aromatic carbocycles. The molecule has 0 bridgehead atoms. The van der Waals surface area contributed by atoms with Crippen LogP contribution in [0, 0.1) is 11.8 Å². The first-order valence-electron chi connectivity index (χ1n) is 7.45. The van der Waals surface area contributed by atoms with Crippen LogP contribution in [0.4, 0.5) is 5.69 Å². The van der Waals surface area contributed by atoms with Crippen molar-refractivity contribution in [2.24, 2.45) is 11.8 Å². The largest absolute Gasteiger partial charge is 0.398 e. The quantitative estimate of drug-likeness (QED) is 0.880. The van der Waals surface area contributed by atoms with Gasteiger partial charge in [-0.25, -0.2) is 4.68 Å². The third kappa shape index (κ3) is 2.50. The highest BCUT2D eigenvalue weighted by molar-refractivity contribution is 6.31. The second-order valence-corrected chi connectivity index (χ2v) is 6.29. The zero-order valence-corrected chi connectivity index (χ0v) is 13.1. The molecular formula is C15H20ClN5. The van der Waals surface area contributed by atoms with E-state index in [0.29, 0.717) is 28.5 Å². The van der Waals surface area contributed by atoms with E-state index >= 15 is 0 Å². The van der Waals surface area contributed by atoms with Crippen molar-refractivity contribution in [2.45, 2.75) is 39.2 Å². The Morgan fingerprint density at radius 1 is 1.38 bits per heavy atom. The molecule has 2 aromatic rings. The van der Waals surface area contributed by atoms with Crippen LogP contribution in [0.3, 0.4) is 0 Å². The summed E-state index contributed by atoms with van der Waals surface area (Å²) in [6.45, 7) is 4.54. The first-order chi connectivity index (χ1) is 10.1. The van der Waals surface area contributed by atoms with Gasteiger partial charge >= 0.3 is 0 Å². The van der Waals surface area contributed by atoms with Gasteiger partial charge < -0.3 is 5.73 Å². The van der Waals surface area contributed by atoms with Gasteiger partial charge in [-0.05, 0) is 53.3 Å². The fourth-order valence-electron chi connectivity index (χ4n) is 3.46. The maximum atomic E-state index is 6.09. The number of nitrogens with zero attached hydrogens (tertiary/aromatic N) is 4. The first-order valence-corrected chi connectivity index (χ1v) is 7.82. The van der Waals surface area contributed by atoms with Gasteiger partial charge in [-0.3, -0.25) is 0 Å². The number of aromatic nitrogens is 4. The summed E-state index contributed by atoms with van der Waals surface area (Å²) in [6, 6.07) is 5.73. The van der Waals surface area contributed by atoms with Crippen LogP contribution < -0.4 is 5.73 Å². The molecule has 1 fully saturated rings. The normalized spacial score (nSPS) is 25.4. The minimum Gasteiger partial charge on any atom is -0.398 e. The van der Waals surface area contributed by atoms with Crippen molar-refractivity contribution < 1.29 is 0 Å². The minimum absolute atomic E-state index is 0.332. The van der Waals surface area contributed by atoms with Gasteiger partial charge in [-0.1, -0.05) is 31.9 Å². The topological polar surface area (TPSA) is 69.6 Å². The lowest BCUT2D eigenvalue weighted by molar-refractivity contribution is 0.310. The number of nitrogens with two attached hydrogens (primary N) is 1. The van der Waals surface area contributed by atoms with Crippen LogP contribution in [0.1, 0.15) is 39.2 Å². The number of benzene rings is 1. The molecule has 6 heteroatoms. The van der Waals surface area contributed by atoms with Crippen molar-refractivity contribution in [3.05, 3.63) is 23.2 Å². The van der Waals surface area contributed by atoms with Crippen molar-refractivity contribution in [2.75, 3.05) is 5.73 Å². The summed E-state index contributed by atoms with van der Waals surface area (Å²) >= 11 is 6.09. The van der Waals surface area contributed by atoms with Crippen molar-refractivity contribution in [1.29, 1.82) is 0 Å². The Morgan fingerprint density at radius 3 is 2.90 bits per heavy atom. The maximum absolute atomic E-state index is 6.09. The van der Waals surface area contributed by atoms with Gasteiger partial charge in [0.25, 0.3) is 0 Å². The van der Waals surface area contributed by atoms with E-state index in [1.807, 2.05) is 10.7 Å². The highest BCUT2D eigenvalue weighted by Crippen LogP contribution is 2.43. The number of anilines is 1. The molecule has 1 saturated carbocycles.